The second-order valence-electron chi connectivity index (χ2n) is 5.88. The van der Waals surface area contributed by atoms with Gasteiger partial charge in [-0.15, -0.1) is 0 Å². The van der Waals surface area contributed by atoms with E-state index in [0.717, 1.165) is 29.0 Å². The molecule has 0 radical (unpaired) electrons. The molecule has 2 heterocycles. The number of benzene rings is 1. The minimum absolute atomic E-state index is 0.137. The maximum atomic E-state index is 12.5. The van der Waals surface area contributed by atoms with Gasteiger partial charge in [0.1, 0.15) is 5.82 Å². The Morgan fingerprint density at radius 2 is 2.13 bits per heavy atom. The summed E-state index contributed by atoms with van der Waals surface area (Å²) in [6, 6.07) is 7.70. The maximum Gasteiger partial charge on any atom is 0.255 e. The summed E-state index contributed by atoms with van der Waals surface area (Å²) in [5.74, 6) is 0.906. The second kappa shape index (κ2) is 6.24. The SMILES string of the molecule is CC[C@@H](C)[C@H](NC(=O)c1cn[nH]c1C)c1nc2ccccc2[nH]1. The van der Waals surface area contributed by atoms with Crippen molar-refractivity contribution >= 4 is 16.9 Å². The number of carbonyl (C=O) groups is 1. The van der Waals surface area contributed by atoms with Gasteiger partial charge in [0.25, 0.3) is 5.91 Å². The first-order valence-electron chi connectivity index (χ1n) is 7.85. The second-order valence-corrected chi connectivity index (χ2v) is 5.88. The van der Waals surface area contributed by atoms with E-state index in [4.69, 9.17) is 0 Å². The third-order valence-electron chi connectivity index (χ3n) is 4.28. The van der Waals surface area contributed by atoms with Gasteiger partial charge >= 0.3 is 0 Å². The molecule has 0 aliphatic rings. The van der Waals surface area contributed by atoms with Crippen LogP contribution in [0.2, 0.25) is 0 Å². The monoisotopic (exact) mass is 311 g/mol. The van der Waals surface area contributed by atoms with Crippen LogP contribution in [0.3, 0.4) is 0 Å². The Kier molecular flexibility index (Phi) is 4.14. The first-order valence-corrected chi connectivity index (χ1v) is 7.85. The van der Waals surface area contributed by atoms with E-state index in [9.17, 15) is 4.79 Å². The van der Waals surface area contributed by atoms with Crippen LogP contribution in [0.4, 0.5) is 0 Å². The zero-order valence-corrected chi connectivity index (χ0v) is 13.6. The van der Waals surface area contributed by atoms with Crippen molar-refractivity contribution in [1.82, 2.24) is 25.5 Å². The van der Waals surface area contributed by atoms with E-state index in [-0.39, 0.29) is 17.9 Å². The molecule has 0 fully saturated rings. The molecule has 1 amide bonds. The number of fused-ring (bicyclic) bond motifs is 1. The highest BCUT2D eigenvalue weighted by molar-refractivity contribution is 5.95. The Hall–Kier alpha value is -2.63. The molecule has 120 valence electrons. The molecular weight excluding hydrogens is 290 g/mol. The van der Waals surface area contributed by atoms with E-state index in [0.29, 0.717) is 5.56 Å². The van der Waals surface area contributed by atoms with Gasteiger partial charge in [-0.25, -0.2) is 4.98 Å². The number of rotatable bonds is 5. The molecule has 2 atom stereocenters. The topological polar surface area (TPSA) is 86.5 Å². The predicted octanol–water partition coefficient (Wildman–Crippen LogP) is 3.11. The van der Waals surface area contributed by atoms with Crippen molar-refractivity contribution in [1.29, 1.82) is 0 Å². The number of hydrogen-bond donors (Lipinski definition) is 3. The van der Waals surface area contributed by atoms with E-state index in [1.54, 1.807) is 6.20 Å². The maximum absolute atomic E-state index is 12.5. The number of para-hydroxylation sites is 2. The summed E-state index contributed by atoms with van der Waals surface area (Å²) in [6.45, 7) is 6.05. The van der Waals surface area contributed by atoms with Crippen molar-refractivity contribution in [3.63, 3.8) is 0 Å². The normalized spacial score (nSPS) is 13.9. The zero-order chi connectivity index (χ0) is 16.4. The number of aryl methyl sites for hydroxylation is 1. The molecule has 3 aromatic rings. The molecule has 3 N–H and O–H groups in total. The van der Waals surface area contributed by atoms with Gasteiger partial charge in [0.2, 0.25) is 0 Å². The van der Waals surface area contributed by atoms with Crippen LogP contribution in [0.15, 0.2) is 30.5 Å². The van der Waals surface area contributed by atoms with E-state index in [1.807, 2.05) is 31.2 Å². The van der Waals surface area contributed by atoms with E-state index in [1.165, 1.54) is 0 Å². The lowest BCUT2D eigenvalue weighted by molar-refractivity contribution is 0.0920. The molecule has 3 rings (SSSR count). The van der Waals surface area contributed by atoms with Crippen molar-refractivity contribution in [2.75, 3.05) is 0 Å². The molecule has 0 spiro atoms. The van der Waals surface area contributed by atoms with Gasteiger partial charge in [-0.2, -0.15) is 5.10 Å². The molecule has 6 heteroatoms. The molecule has 0 unspecified atom stereocenters. The lowest BCUT2D eigenvalue weighted by atomic mass is 9.98. The Morgan fingerprint density at radius 3 is 2.78 bits per heavy atom. The van der Waals surface area contributed by atoms with Crippen LogP contribution in [0, 0.1) is 12.8 Å². The van der Waals surface area contributed by atoms with Crippen LogP contribution in [0.1, 0.15) is 48.2 Å². The third-order valence-corrected chi connectivity index (χ3v) is 4.28. The van der Waals surface area contributed by atoms with Crippen LogP contribution in [-0.2, 0) is 0 Å². The fraction of sp³-hybridized carbons (Fsp3) is 0.353. The van der Waals surface area contributed by atoms with Gasteiger partial charge in [0, 0.05) is 5.69 Å². The van der Waals surface area contributed by atoms with E-state index in [2.05, 4.69) is 39.3 Å². The lowest BCUT2D eigenvalue weighted by Gasteiger charge is -2.22. The number of aromatic nitrogens is 4. The number of nitrogens with zero attached hydrogens (tertiary/aromatic N) is 2. The molecule has 2 aromatic heterocycles. The molecule has 23 heavy (non-hydrogen) atoms. The minimum Gasteiger partial charge on any atom is -0.342 e. The van der Waals surface area contributed by atoms with Gasteiger partial charge in [-0.1, -0.05) is 32.4 Å². The Bertz CT molecular complexity index is 786. The smallest absolute Gasteiger partial charge is 0.255 e. The first kappa shape index (κ1) is 15.3. The molecule has 6 nitrogen and oxygen atoms in total. The van der Waals surface area contributed by atoms with Gasteiger partial charge in [0.05, 0.1) is 28.8 Å². The van der Waals surface area contributed by atoms with Crippen LogP contribution in [-0.4, -0.2) is 26.1 Å². The van der Waals surface area contributed by atoms with Gasteiger partial charge in [-0.05, 0) is 25.0 Å². The number of imidazole rings is 1. The number of carbonyl (C=O) groups excluding carboxylic acids is 1. The fourth-order valence-corrected chi connectivity index (χ4v) is 2.63. The molecule has 1 aromatic carbocycles. The highest BCUT2D eigenvalue weighted by Crippen LogP contribution is 2.25. The highest BCUT2D eigenvalue weighted by Gasteiger charge is 2.25. The molecule has 0 saturated heterocycles. The van der Waals surface area contributed by atoms with Gasteiger partial charge < -0.3 is 10.3 Å². The van der Waals surface area contributed by atoms with Crippen LogP contribution in [0.25, 0.3) is 11.0 Å². The Morgan fingerprint density at radius 1 is 1.35 bits per heavy atom. The molecule has 0 saturated carbocycles. The lowest BCUT2D eigenvalue weighted by Crippen LogP contribution is -2.33. The molecular formula is C17H21N5O. The summed E-state index contributed by atoms with van der Waals surface area (Å²) in [5.41, 5.74) is 3.21. The van der Waals surface area contributed by atoms with Gasteiger partial charge in [0.15, 0.2) is 0 Å². The summed E-state index contributed by atoms with van der Waals surface area (Å²) in [7, 11) is 0. The largest absolute Gasteiger partial charge is 0.342 e. The van der Waals surface area contributed by atoms with Crippen molar-refractivity contribution in [3.8, 4) is 0 Å². The highest BCUT2D eigenvalue weighted by atomic mass is 16.1. The molecule has 0 bridgehead atoms. The number of nitrogens with one attached hydrogen (secondary N) is 3. The Balaban J connectivity index is 1.91. The summed E-state index contributed by atoms with van der Waals surface area (Å²) in [5, 5.41) is 9.80. The van der Waals surface area contributed by atoms with E-state index < -0.39 is 0 Å². The summed E-state index contributed by atoms with van der Waals surface area (Å²) in [4.78, 5) is 20.5. The summed E-state index contributed by atoms with van der Waals surface area (Å²) in [6.07, 6.45) is 2.49. The standard InChI is InChI=1S/C17H21N5O/c1-4-10(2)15(21-17(23)12-9-18-22-11(12)3)16-19-13-7-5-6-8-14(13)20-16/h5-10,15H,4H2,1-3H3,(H,18,22)(H,19,20)(H,21,23)/t10-,15+/m1/s1. The minimum atomic E-state index is -0.172. The van der Waals surface area contributed by atoms with Crippen molar-refractivity contribution in [3.05, 3.63) is 47.5 Å². The quantitative estimate of drug-likeness (QED) is 0.676. The number of H-pyrrole nitrogens is 2. The predicted molar refractivity (Wildman–Crippen MR) is 89.1 cm³/mol. The zero-order valence-electron chi connectivity index (χ0n) is 13.6. The fourth-order valence-electron chi connectivity index (χ4n) is 2.63. The summed E-state index contributed by atoms with van der Waals surface area (Å²) < 4.78 is 0. The number of aromatic amines is 2. The first-order chi connectivity index (χ1) is 11.1. The van der Waals surface area contributed by atoms with Crippen LogP contribution in [0.5, 0.6) is 0 Å². The average molecular weight is 311 g/mol. The number of hydrogen-bond acceptors (Lipinski definition) is 3. The summed E-state index contributed by atoms with van der Waals surface area (Å²) >= 11 is 0. The van der Waals surface area contributed by atoms with Crippen LogP contribution < -0.4 is 5.32 Å². The van der Waals surface area contributed by atoms with Crippen molar-refractivity contribution in [2.24, 2.45) is 5.92 Å². The third kappa shape index (κ3) is 2.97. The van der Waals surface area contributed by atoms with Crippen molar-refractivity contribution in [2.45, 2.75) is 33.2 Å². The van der Waals surface area contributed by atoms with E-state index >= 15 is 0 Å². The Labute approximate surface area is 134 Å². The number of amides is 1. The van der Waals surface area contributed by atoms with Crippen LogP contribution >= 0.6 is 0 Å². The average Bonchev–Trinajstić information content (AvgIpc) is 3.17. The molecule has 0 aliphatic carbocycles. The molecule has 0 aliphatic heterocycles. The van der Waals surface area contributed by atoms with Gasteiger partial charge in [-0.3, -0.25) is 9.89 Å². The van der Waals surface area contributed by atoms with Crippen molar-refractivity contribution < 1.29 is 4.79 Å².